The average molecular weight is 291 g/mol. The molecule has 0 aliphatic rings. The Labute approximate surface area is 120 Å². The predicted octanol–water partition coefficient (Wildman–Crippen LogP) is 2.96. The van der Waals surface area contributed by atoms with Gasteiger partial charge in [-0.15, -0.1) is 11.3 Å². The van der Waals surface area contributed by atoms with Crippen LogP contribution in [0.15, 0.2) is 35.7 Å². The molecule has 1 amide bonds. The van der Waals surface area contributed by atoms with E-state index in [-0.39, 0.29) is 12.5 Å². The largest absolute Gasteiger partial charge is 0.321 e. The highest BCUT2D eigenvalue weighted by Crippen LogP contribution is 2.19. The second kappa shape index (κ2) is 6.39. The Bertz CT molecular complexity index is 637. The van der Waals surface area contributed by atoms with Crippen molar-refractivity contribution >= 4 is 34.5 Å². The van der Waals surface area contributed by atoms with E-state index in [0.29, 0.717) is 21.2 Å². The quantitative estimate of drug-likeness (QED) is 0.836. The van der Waals surface area contributed by atoms with E-state index in [0.717, 1.165) is 0 Å². The molecule has 0 spiro atoms. The van der Waals surface area contributed by atoms with Gasteiger partial charge in [0.2, 0.25) is 0 Å². The molecule has 0 saturated heterocycles. The maximum absolute atomic E-state index is 12.1. The topological polar surface area (TPSA) is 55.1 Å². The normalized spacial score (nSPS) is 9.58. The molecule has 0 aliphatic carbocycles. The number of carbonyl (C=O) groups is 1. The third kappa shape index (κ3) is 3.58. The van der Waals surface area contributed by atoms with Crippen LogP contribution < -0.4 is 11.1 Å². The highest BCUT2D eigenvalue weighted by Gasteiger charge is 2.12. The second-order valence-corrected chi connectivity index (χ2v) is 4.98. The monoisotopic (exact) mass is 290 g/mol. The maximum atomic E-state index is 12.1. The van der Waals surface area contributed by atoms with Crippen LogP contribution in [0.4, 0.5) is 5.69 Å². The van der Waals surface area contributed by atoms with Crippen molar-refractivity contribution < 1.29 is 4.79 Å². The van der Waals surface area contributed by atoms with Gasteiger partial charge in [-0.2, -0.15) is 0 Å². The Morgan fingerprint density at radius 1 is 1.32 bits per heavy atom. The van der Waals surface area contributed by atoms with Crippen molar-refractivity contribution in [2.75, 3.05) is 11.9 Å². The number of hydrogen-bond donors (Lipinski definition) is 2. The molecule has 3 N–H and O–H groups in total. The van der Waals surface area contributed by atoms with Crippen LogP contribution in [0.2, 0.25) is 5.02 Å². The van der Waals surface area contributed by atoms with Crippen molar-refractivity contribution in [1.82, 2.24) is 0 Å². The first-order valence-corrected chi connectivity index (χ1v) is 6.80. The van der Waals surface area contributed by atoms with E-state index in [1.54, 1.807) is 24.3 Å². The van der Waals surface area contributed by atoms with Gasteiger partial charge in [0.1, 0.15) is 4.88 Å². The number of benzene rings is 1. The first-order chi connectivity index (χ1) is 9.20. The molecular formula is C14H11ClN2OS. The molecule has 19 heavy (non-hydrogen) atoms. The van der Waals surface area contributed by atoms with E-state index >= 15 is 0 Å². The highest BCUT2D eigenvalue weighted by molar-refractivity contribution is 7.12. The standard InChI is InChI=1S/C14H11ClN2OS/c15-11-3-5-12(6-4-11)17-14(18)13-10(2-1-8-16)7-9-19-13/h3-7,9H,8,16H2,(H,17,18). The number of hydrogen-bond acceptors (Lipinski definition) is 3. The molecule has 5 heteroatoms. The summed E-state index contributed by atoms with van der Waals surface area (Å²) in [5.41, 5.74) is 6.72. The van der Waals surface area contributed by atoms with E-state index in [4.69, 9.17) is 17.3 Å². The van der Waals surface area contributed by atoms with Crippen LogP contribution in [0, 0.1) is 11.8 Å². The summed E-state index contributed by atoms with van der Waals surface area (Å²) in [7, 11) is 0. The number of rotatable bonds is 2. The minimum atomic E-state index is -0.182. The minimum absolute atomic E-state index is 0.182. The summed E-state index contributed by atoms with van der Waals surface area (Å²) in [4.78, 5) is 12.7. The molecule has 96 valence electrons. The van der Waals surface area contributed by atoms with Gasteiger partial charge in [-0.05, 0) is 35.7 Å². The van der Waals surface area contributed by atoms with Crippen LogP contribution in [0.3, 0.4) is 0 Å². The molecule has 1 heterocycles. The number of amides is 1. The molecule has 3 nitrogen and oxygen atoms in total. The van der Waals surface area contributed by atoms with Crippen molar-refractivity contribution in [2.45, 2.75) is 0 Å². The zero-order valence-electron chi connectivity index (χ0n) is 9.94. The lowest BCUT2D eigenvalue weighted by atomic mass is 10.2. The van der Waals surface area contributed by atoms with Crippen molar-refractivity contribution in [2.24, 2.45) is 5.73 Å². The van der Waals surface area contributed by atoms with Gasteiger partial charge in [0.15, 0.2) is 0 Å². The van der Waals surface area contributed by atoms with Crippen molar-refractivity contribution in [1.29, 1.82) is 0 Å². The molecule has 0 bridgehead atoms. The maximum Gasteiger partial charge on any atom is 0.267 e. The number of halogens is 1. The number of anilines is 1. The van der Waals surface area contributed by atoms with Gasteiger partial charge in [0.05, 0.1) is 6.54 Å². The second-order valence-electron chi connectivity index (χ2n) is 3.63. The summed E-state index contributed by atoms with van der Waals surface area (Å²) in [6.45, 7) is 0.272. The Hall–Kier alpha value is -1.80. The van der Waals surface area contributed by atoms with Crippen LogP contribution in [0.5, 0.6) is 0 Å². The zero-order valence-corrected chi connectivity index (χ0v) is 11.5. The fourth-order valence-corrected chi connectivity index (χ4v) is 2.32. The molecule has 1 aromatic carbocycles. The molecule has 0 fully saturated rings. The molecule has 0 aliphatic heterocycles. The molecule has 2 rings (SSSR count). The van der Waals surface area contributed by atoms with Gasteiger partial charge >= 0.3 is 0 Å². The Morgan fingerprint density at radius 3 is 2.74 bits per heavy atom. The Balaban J connectivity index is 2.16. The first kappa shape index (κ1) is 13.6. The molecule has 0 radical (unpaired) electrons. The lowest BCUT2D eigenvalue weighted by molar-refractivity contribution is 0.103. The number of carbonyl (C=O) groups excluding carboxylic acids is 1. The lowest BCUT2D eigenvalue weighted by Crippen LogP contribution is -2.11. The van der Waals surface area contributed by atoms with Crippen molar-refractivity contribution in [3.8, 4) is 11.8 Å². The predicted molar refractivity (Wildman–Crippen MR) is 79.7 cm³/mol. The van der Waals surface area contributed by atoms with Gasteiger partial charge in [-0.3, -0.25) is 4.79 Å². The highest BCUT2D eigenvalue weighted by atomic mass is 35.5. The molecule has 0 atom stereocenters. The average Bonchev–Trinajstić information content (AvgIpc) is 2.87. The minimum Gasteiger partial charge on any atom is -0.321 e. The van der Waals surface area contributed by atoms with Crippen molar-refractivity contribution in [3.63, 3.8) is 0 Å². The van der Waals surface area contributed by atoms with Gasteiger partial charge in [0, 0.05) is 16.3 Å². The number of nitrogens with two attached hydrogens (primary N) is 1. The zero-order chi connectivity index (χ0) is 13.7. The Kier molecular flexibility index (Phi) is 4.58. The van der Waals surface area contributed by atoms with E-state index in [1.807, 2.05) is 11.4 Å². The summed E-state index contributed by atoms with van der Waals surface area (Å²) in [6.07, 6.45) is 0. The van der Waals surface area contributed by atoms with Crippen LogP contribution in [0.1, 0.15) is 15.2 Å². The smallest absolute Gasteiger partial charge is 0.267 e. The summed E-state index contributed by atoms with van der Waals surface area (Å²) in [5, 5.41) is 5.26. The van der Waals surface area contributed by atoms with Crippen molar-refractivity contribution in [3.05, 3.63) is 51.2 Å². The van der Waals surface area contributed by atoms with E-state index in [9.17, 15) is 4.79 Å². The fourth-order valence-electron chi connectivity index (χ4n) is 1.45. The van der Waals surface area contributed by atoms with E-state index < -0.39 is 0 Å². The van der Waals surface area contributed by atoms with E-state index in [2.05, 4.69) is 17.2 Å². The van der Waals surface area contributed by atoms with Crippen LogP contribution >= 0.6 is 22.9 Å². The summed E-state index contributed by atoms with van der Waals surface area (Å²) in [6, 6.07) is 8.75. The molecule has 2 aromatic rings. The first-order valence-electron chi connectivity index (χ1n) is 5.54. The third-order valence-electron chi connectivity index (χ3n) is 2.30. The third-order valence-corrected chi connectivity index (χ3v) is 3.46. The van der Waals surface area contributed by atoms with Crippen LogP contribution in [0.25, 0.3) is 0 Å². The molecule has 0 unspecified atom stereocenters. The van der Waals surface area contributed by atoms with Crippen LogP contribution in [-0.2, 0) is 0 Å². The molecular weight excluding hydrogens is 280 g/mol. The summed E-state index contributed by atoms with van der Waals surface area (Å²) in [5.74, 6) is 5.44. The Morgan fingerprint density at radius 2 is 2.05 bits per heavy atom. The summed E-state index contributed by atoms with van der Waals surface area (Å²) >= 11 is 7.14. The molecule has 0 saturated carbocycles. The SMILES string of the molecule is NCC#Cc1ccsc1C(=O)Nc1ccc(Cl)cc1. The van der Waals surface area contributed by atoms with Gasteiger partial charge < -0.3 is 11.1 Å². The fraction of sp³-hybridized carbons (Fsp3) is 0.0714. The van der Waals surface area contributed by atoms with Gasteiger partial charge in [-0.25, -0.2) is 0 Å². The van der Waals surface area contributed by atoms with Crippen LogP contribution in [-0.4, -0.2) is 12.5 Å². The summed E-state index contributed by atoms with van der Waals surface area (Å²) < 4.78 is 0. The van der Waals surface area contributed by atoms with E-state index in [1.165, 1.54) is 11.3 Å². The molecule has 1 aromatic heterocycles. The lowest BCUT2D eigenvalue weighted by Gasteiger charge is -2.04. The number of nitrogens with one attached hydrogen (secondary N) is 1. The number of thiophene rings is 1. The van der Waals surface area contributed by atoms with Gasteiger partial charge in [0.25, 0.3) is 5.91 Å². The van der Waals surface area contributed by atoms with Gasteiger partial charge in [-0.1, -0.05) is 23.4 Å².